The third kappa shape index (κ3) is 4.28. The van der Waals surface area contributed by atoms with Crippen molar-refractivity contribution in [3.8, 4) is 0 Å². The Balaban J connectivity index is 2.11. The Morgan fingerprint density at radius 1 is 0.720 bits per heavy atom. The van der Waals surface area contributed by atoms with Crippen LogP contribution in [0.25, 0.3) is 0 Å². The maximum atomic E-state index is 10.2. The van der Waals surface area contributed by atoms with Gasteiger partial charge in [-0.1, -0.05) is 0 Å². The molecule has 0 radical (unpaired) electrons. The fourth-order valence-electron chi connectivity index (χ4n) is 2.86. The van der Waals surface area contributed by atoms with E-state index in [2.05, 4.69) is 0 Å². The zero-order chi connectivity index (χ0) is 18.7. The van der Waals surface area contributed by atoms with Crippen LogP contribution in [-0.4, -0.2) is 117 Å². The molecule has 0 spiro atoms. The fourth-order valence-corrected chi connectivity index (χ4v) is 2.86. The Kier molecular flexibility index (Phi) is 7.49. The second kappa shape index (κ2) is 8.97. The van der Waals surface area contributed by atoms with Gasteiger partial charge in [0.05, 0.1) is 13.2 Å². The van der Waals surface area contributed by atoms with Crippen LogP contribution in [0.4, 0.5) is 0 Å². The first-order valence-electron chi connectivity index (χ1n) is 8.05. The van der Waals surface area contributed by atoms with Crippen molar-refractivity contribution in [1.82, 2.24) is 0 Å². The van der Waals surface area contributed by atoms with Gasteiger partial charge in [0.1, 0.15) is 48.8 Å². The SMILES string of the molecule is CCOC1O[C@H](CO)C(OC2O[C@H](CO)C(O)[C@H](O)C2O)[C@H](O)C1O. The second-order valence-electron chi connectivity index (χ2n) is 5.96. The van der Waals surface area contributed by atoms with E-state index in [9.17, 15) is 35.7 Å². The first-order chi connectivity index (χ1) is 11.8. The highest BCUT2D eigenvalue weighted by Gasteiger charge is 2.50. The predicted molar refractivity (Wildman–Crippen MR) is 78.0 cm³/mol. The molecule has 6 unspecified atom stereocenters. The summed E-state index contributed by atoms with van der Waals surface area (Å²) in [7, 11) is 0. The maximum Gasteiger partial charge on any atom is 0.187 e. The van der Waals surface area contributed by atoms with E-state index in [0.717, 1.165) is 0 Å². The van der Waals surface area contributed by atoms with E-state index in [1.807, 2.05) is 0 Å². The summed E-state index contributed by atoms with van der Waals surface area (Å²) in [6.07, 6.45) is -14.3. The highest BCUT2D eigenvalue weighted by atomic mass is 16.7. The largest absolute Gasteiger partial charge is 0.394 e. The minimum atomic E-state index is -1.69. The lowest BCUT2D eigenvalue weighted by Crippen LogP contribution is -2.64. The number of rotatable bonds is 6. The molecule has 10 atom stereocenters. The van der Waals surface area contributed by atoms with Crippen LogP contribution in [0, 0.1) is 0 Å². The molecule has 0 amide bonds. The van der Waals surface area contributed by atoms with Crippen molar-refractivity contribution in [2.45, 2.75) is 68.3 Å². The summed E-state index contributed by atoms with van der Waals surface area (Å²) in [5, 5.41) is 68.4. The van der Waals surface area contributed by atoms with Gasteiger partial charge >= 0.3 is 0 Å². The monoisotopic (exact) mass is 370 g/mol. The van der Waals surface area contributed by atoms with Crippen molar-refractivity contribution in [2.75, 3.05) is 19.8 Å². The van der Waals surface area contributed by atoms with Gasteiger partial charge in [0, 0.05) is 6.61 Å². The first kappa shape index (κ1) is 20.9. The van der Waals surface area contributed by atoms with Gasteiger partial charge in [0.25, 0.3) is 0 Å². The quantitative estimate of drug-likeness (QED) is 0.240. The summed E-state index contributed by atoms with van der Waals surface area (Å²) in [6, 6.07) is 0. The first-order valence-corrected chi connectivity index (χ1v) is 8.05. The van der Waals surface area contributed by atoms with Gasteiger partial charge in [-0.15, -0.1) is 0 Å². The Morgan fingerprint density at radius 3 is 1.84 bits per heavy atom. The van der Waals surface area contributed by atoms with E-state index >= 15 is 0 Å². The molecule has 2 aliphatic rings. The maximum absolute atomic E-state index is 10.2. The van der Waals surface area contributed by atoms with Gasteiger partial charge in [-0.05, 0) is 6.92 Å². The smallest absolute Gasteiger partial charge is 0.187 e. The Labute approximate surface area is 143 Å². The molecule has 11 nitrogen and oxygen atoms in total. The fraction of sp³-hybridized carbons (Fsp3) is 1.00. The lowest BCUT2D eigenvalue weighted by molar-refractivity contribution is -0.359. The predicted octanol–water partition coefficient (Wildman–Crippen LogP) is -4.35. The number of hydrogen-bond acceptors (Lipinski definition) is 11. The highest BCUT2D eigenvalue weighted by molar-refractivity contribution is 4.93. The molecular weight excluding hydrogens is 344 g/mol. The number of aliphatic hydroxyl groups excluding tert-OH is 7. The van der Waals surface area contributed by atoms with Crippen LogP contribution in [0.3, 0.4) is 0 Å². The third-order valence-electron chi connectivity index (χ3n) is 4.29. The van der Waals surface area contributed by atoms with Crippen LogP contribution >= 0.6 is 0 Å². The number of ether oxygens (including phenoxy) is 4. The summed E-state index contributed by atoms with van der Waals surface area (Å²) < 4.78 is 21.1. The van der Waals surface area contributed by atoms with E-state index in [0.29, 0.717) is 0 Å². The van der Waals surface area contributed by atoms with Gasteiger partial charge in [-0.2, -0.15) is 0 Å². The summed E-state index contributed by atoms with van der Waals surface area (Å²) in [5.41, 5.74) is 0. The lowest BCUT2D eigenvalue weighted by atomic mass is 9.97. The van der Waals surface area contributed by atoms with Crippen molar-refractivity contribution in [2.24, 2.45) is 0 Å². The van der Waals surface area contributed by atoms with Crippen molar-refractivity contribution < 1.29 is 54.7 Å². The van der Waals surface area contributed by atoms with E-state index in [-0.39, 0.29) is 6.61 Å². The Hall–Kier alpha value is -0.440. The summed E-state index contributed by atoms with van der Waals surface area (Å²) in [5.74, 6) is 0. The summed E-state index contributed by atoms with van der Waals surface area (Å²) >= 11 is 0. The molecule has 0 aromatic carbocycles. The average Bonchev–Trinajstić information content (AvgIpc) is 2.61. The van der Waals surface area contributed by atoms with Crippen molar-refractivity contribution in [3.63, 3.8) is 0 Å². The van der Waals surface area contributed by atoms with E-state index in [1.54, 1.807) is 6.92 Å². The summed E-state index contributed by atoms with van der Waals surface area (Å²) in [6.45, 7) is 0.625. The number of aliphatic hydroxyl groups is 7. The van der Waals surface area contributed by atoms with Crippen molar-refractivity contribution >= 4 is 0 Å². The Bertz CT molecular complexity index is 406. The second-order valence-corrected chi connectivity index (χ2v) is 5.96. The van der Waals surface area contributed by atoms with Crippen LogP contribution in [-0.2, 0) is 18.9 Å². The molecule has 0 aromatic heterocycles. The van der Waals surface area contributed by atoms with Gasteiger partial charge in [0.15, 0.2) is 12.6 Å². The van der Waals surface area contributed by atoms with Crippen LogP contribution < -0.4 is 0 Å². The van der Waals surface area contributed by atoms with Crippen molar-refractivity contribution in [1.29, 1.82) is 0 Å². The van der Waals surface area contributed by atoms with Crippen LogP contribution in [0.5, 0.6) is 0 Å². The van der Waals surface area contributed by atoms with Crippen molar-refractivity contribution in [3.05, 3.63) is 0 Å². The molecule has 0 aromatic rings. The summed E-state index contributed by atoms with van der Waals surface area (Å²) in [4.78, 5) is 0. The molecule has 2 saturated heterocycles. The van der Waals surface area contributed by atoms with Crippen LogP contribution in [0.1, 0.15) is 6.92 Å². The van der Waals surface area contributed by atoms with E-state index in [4.69, 9.17) is 18.9 Å². The van der Waals surface area contributed by atoms with Gasteiger partial charge in [0.2, 0.25) is 0 Å². The van der Waals surface area contributed by atoms with Gasteiger partial charge in [-0.25, -0.2) is 0 Å². The molecule has 2 heterocycles. The lowest BCUT2D eigenvalue weighted by Gasteiger charge is -2.45. The minimum absolute atomic E-state index is 0.199. The Morgan fingerprint density at radius 2 is 1.28 bits per heavy atom. The van der Waals surface area contributed by atoms with Crippen LogP contribution in [0.15, 0.2) is 0 Å². The molecular formula is C14H26O11. The molecule has 2 rings (SSSR count). The van der Waals surface area contributed by atoms with E-state index in [1.165, 1.54) is 0 Å². The standard InChI is InChI=1S/C14H26O11/c1-2-22-13-11(21)9(19)12(6(4-16)24-13)25-14-10(20)8(18)7(17)5(3-15)23-14/h5-21H,2-4H2,1H3/t5-,6-,7?,8+,9-,10?,11?,12?,13?,14?/m1/s1. The topological polar surface area (TPSA) is 179 Å². The van der Waals surface area contributed by atoms with Gasteiger partial charge in [-0.3, -0.25) is 0 Å². The molecule has 2 aliphatic heterocycles. The zero-order valence-corrected chi connectivity index (χ0v) is 13.7. The molecule has 2 fully saturated rings. The minimum Gasteiger partial charge on any atom is -0.394 e. The number of hydrogen-bond donors (Lipinski definition) is 7. The molecule has 0 aliphatic carbocycles. The molecule has 148 valence electrons. The highest BCUT2D eigenvalue weighted by Crippen LogP contribution is 2.29. The third-order valence-corrected chi connectivity index (χ3v) is 4.29. The van der Waals surface area contributed by atoms with Gasteiger partial charge < -0.3 is 54.7 Å². The zero-order valence-electron chi connectivity index (χ0n) is 13.7. The molecule has 25 heavy (non-hydrogen) atoms. The average molecular weight is 370 g/mol. The normalized spacial score (nSPS) is 48.5. The molecule has 0 bridgehead atoms. The molecule has 7 N–H and O–H groups in total. The van der Waals surface area contributed by atoms with Crippen LogP contribution in [0.2, 0.25) is 0 Å². The van der Waals surface area contributed by atoms with E-state index < -0.39 is 74.6 Å². The molecule has 11 heteroatoms. The molecule has 0 saturated carbocycles.